The van der Waals surface area contributed by atoms with Crippen LogP contribution in [-0.4, -0.2) is 23.0 Å². The van der Waals surface area contributed by atoms with Crippen molar-refractivity contribution in [3.8, 4) is 0 Å². The van der Waals surface area contributed by atoms with Crippen LogP contribution in [0.5, 0.6) is 0 Å². The predicted molar refractivity (Wildman–Crippen MR) is 64.6 cm³/mol. The summed E-state index contributed by atoms with van der Waals surface area (Å²) in [6, 6.07) is -1.53. The first-order valence-electron chi connectivity index (χ1n) is 6.13. The minimum Gasteiger partial charge on any atom is -0.480 e. The van der Waals surface area contributed by atoms with Crippen LogP contribution in [0.15, 0.2) is 0 Å². The van der Waals surface area contributed by atoms with E-state index in [1.807, 2.05) is 0 Å². The average molecular weight is 325 g/mol. The van der Waals surface area contributed by atoms with Gasteiger partial charge in [-0.05, 0) is 12.3 Å². The summed E-state index contributed by atoms with van der Waals surface area (Å²) in [5.41, 5.74) is -1.72. The zero-order valence-electron chi connectivity index (χ0n) is 11.5. The standard InChI is InChI=1S/C13H12F5NO3/c1-4(2)3-5(13(21)22)19-12(20)6-7(14)9(16)11(18)10(17)8(6)15/h4-5H,3H2,1-2H3,(H,19,20)(H,21,22). The van der Waals surface area contributed by atoms with E-state index in [1.165, 1.54) is 0 Å². The summed E-state index contributed by atoms with van der Waals surface area (Å²) in [5.74, 6) is -15.0. The molecular formula is C13H12F5NO3. The van der Waals surface area contributed by atoms with Gasteiger partial charge in [-0.2, -0.15) is 0 Å². The number of hydrogen-bond donors (Lipinski definition) is 2. The summed E-state index contributed by atoms with van der Waals surface area (Å²) in [4.78, 5) is 22.6. The summed E-state index contributed by atoms with van der Waals surface area (Å²) in [6.45, 7) is 3.25. The van der Waals surface area contributed by atoms with E-state index in [-0.39, 0.29) is 12.3 Å². The minimum atomic E-state index is -2.40. The highest BCUT2D eigenvalue weighted by Gasteiger charge is 2.31. The number of amides is 1. The third-order valence-corrected chi connectivity index (χ3v) is 2.75. The number of benzene rings is 1. The second-order valence-corrected chi connectivity index (χ2v) is 4.94. The third kappa shape index (κ3) is 3.52. The van der Waals surface area contributed by atoms with Crippen molar-refractivity contribution in [2.75, 3.05) is 0 Å². The number of hydrogen-bond acceptors (Lipinski definition) is 2. The van der Waals surface area contributed by atoms with E-state index in [4.69, 9.17) is 5.11 Å². The van der Waals surface area contributed by atoms with Crippen molar-refractivity contribution in [1.82, 2.24) is 5.32 Å². The summed E-state index contributed by atoms with van der Waals surface area (Å²) in [7, 11) is 0. The fourth-order valence-corrected chi connectivity index (χ4v) is 1.73. The normalized spacial score (nSPS) is 12.4. The Morgan fingerprint density at radius 2 is 1.36 bits per heavy atom. The van der Waals surface area contributed by atoms with Crippen LogP contribution in [0.2, 0.25) is 0 Å². The highest BCUT2D eigenvalue weighted by atomic mass is 19.2. The number of nitrogens with one attached hydrogen (secondary N) is 1. The smallest absolute Gasteiger partial charge is 0.326 e. The first kappa shape index (κ1) is 17.9. The molecular weight excluding hydrogens is 313 g/mol. The lowest BCUT2D eigenvalue weighted by atomic mass is 10.0. The lowest BCUT2D eigenvalue weighted by Crippen LogP contribution is -2.42. The van der Waals surface area contributed by atoms with E-state index in [9.17, 15) is 31.5 Å². The van der Waals surface area contributed by atoms with Gasteiger partial charge in [-0.3, -0.25) is 4.79 Å². The van der Waals surface area contributed by atoms with Crippen molar-refractivity contribution in [1.29, 1.82) is 0 Å². The van der Waals surface area contributed by atoms with Crippen LogP contribution >= 0.6 is 0 Å². The van der Waals surface area contributed by atoms with E-state index in [0.29, 0.717) is 0 Å². The molecule has 22 heavy (non-hydrogen) atoms. The Morgan fingerprint density at radius 3 is 1.73 bits per heavy atom. The summed E-state index contributed by atoms with van der Waals surface area (Å²) < 4.78 is 65.8. The van der Waals surface area contributed by atoms with Crippen molar-refractivity contribution >= 4 is 11.9 Å². The molecule has 0 saturated heterocycles. The van der Waals surface area contributed by atoms with Gasteiger partial charge in [-0.1, -0.05) is 13.8 Å². The molecule has 1 amide bonds. The number of carboxylic acid groups (broad SMARTS) is 1. The molecule has 4 nitrogen and oxygen atoms in total. The molecule has 1 unspecified atom stereocenters. The number of carboxylic acids is 1. The van der Waals surface area contributed by atoms with Gasteiger partial charge in [0, 0.05) is 0 Å². The maximum atomic E-state index is 13.4. The number of carbonyl (C=O) groups is 2. The molecule has 0 saturated carbocycles. The molecule has 0 aromatic heterocycles. The molecule has 0 bridgehead atoms. The topological polar surface area (TPSA) is 66.4 Å². The van der Waals surface area contributed by atoms with Crippen molar-refractivity contribution in [3.05, 3.63) is 34.6 Å². The van der Waals surface area contributed by atoms with Crippen molar-refractivity contribution in [2.24, 2.45) is 5.92 Å². The molecule has 0 aliphatic carbocycles. The summed E-state index contributed by atoms with van der Waals surface area (Å²) >= 11 is 0. The second kappa shape index (κ2) is 6.71. The van der Waals surface area contributed by atoms with Crippen LogP contribution in [-0.2, 0) is 4.79 Å². The molecule has 9 heteroatoms. The number of halogens is 5. The van der Waals surface area contributed by atoms with Gasteiger partial charge in [-0.25, -0.2) is 26.7 Å². The van der Waals surface area contributed by atoms with Gasteiger partial charge in [0.2, 0.25) is 5.82 Å². The number of aliphatic carboxylic acids is 1. The Balaban J connectivity index is 3.21. The maximum Gasteiger partial charge on any atom is 0.326 e. The number of rotatable bonds is 5. The fraction of sp³-hybridized carbons (Fsp3) is 0.385. The Labute approximate surface area is 121 Å². The van der Waals surface area contributed by atoms with Crippen LogP contribution in [0.4, 0.5) is 22.0 Å². The molecule has 0 radical (unpaired) electrons. The van der Waals surface area contributed by atoms with E-state index in [0.717, 1.165) is 0 Å². The van der Waals surface area contributed by atoms with Crippen LogP contribution < -0.4 is 5.32 Å². The van der Waals surface area contributed by atoms with E-state index < -0.39 is 52.6 Å². The lowest BCUT2D eigenvalue weighted by Gasteiger charge is -2.17. The summed E-state index contributed by atoms with van der Waals surface area (Å²) in [5, 5.41) is 10.6. The van der Waals surface area contributed by atoms with Gasteiger partial charge >= 0.3 is 5.97 Å². The first-order valence-corrected chi connectivity index (χ1v) is 6.13. The molecule has 2 N–H and O–H groups in total. The minimum absolute atomic E-state index is 0.0868. The molecule has 1 aromatic rings. The van der Waals surface area contributed by atoms with E-state index >= 15 is 0 Å². The molecule has 0 fully saturated rings. The van der Waals surface area contributed by atoms with Crippen molar-refractivity contribution in [2.45, 2.75) is 26.3 Å². The highest BCUT2D eigenvalue weighted by molar-refractivity contribution is 5.97. The zero-order valence-corrected chi connectivity index (χ0v) is 11.5. The van der Waals surface area contributed by atoms with E-state index in [1.54, 1.807) is 19.2 Å². The van der Waals surface area contributed by atoms with Crippen molar-refractivity contribution in [3.63, 3.8) is 0 Å². The second-order valence-electron chi connectivity index (χ2n) is 4.94. The van der Waals surface area contributed by atoms with Gasteiger partial charge in [0.1, 0.15) is 11.6 Å². The van der Waals surface area contributed by atoms with Crippen LogP contribution in [0, 0.1) is 35.0 Å². The van der Waals surface area contributed by atoms with Gasteiger partial charge in [0.25, 0.3) is 5.91 Å². The molecule has 1 rings (SSSR count). The Hall–Kier alpha value is -2.19. The predicted octanol–water partition coefficient (Wildman–Crippen LogP) is 2.61. The van der Waals surface area contributed by atoms with Gasteiger partial charge < -0.3 is 10.4 Å². The quantitative estimate of drug-likeness (QED) is 0.497. The largest absolute Gasteiger partial charge is 0.480 e. The fourth-order valence-electron chi connectivity index (χ4n) is 1.73. The third-order valence-electron chi connectivity index (χ3n) is 2.75. The van der Waals surface area contributed by atoms with Gasteiger partial charge in [-0.15, -0.1) is 0 Å². The molecule has 0 aliphatic rings. The van der Waals surface area contributed by atoms with Gasteiger partial charge in [0.15, 0.2) is 23.3 Å². The maximum absolute atomic E-state index is 13.4. The lowest BCUT2D eigenvalue weighted by molar-refractivity contribution is -0.139. The Kier molecular flexibility index (Phi) is 5.45. The summed E-state index contributed by atoms with van der Waals surface area (Å²) in [6.07, 6.45) is -0.0868. The van der Waals surface area contributed by atoms with Crippen LogP contribution in [0.1, 0.15) is 30.6 Å². The Morgan fingerprint density at radius 1 is 0.955 bits per heavy atom. The highest BCUT2D eigenvalue weighted by Crippen LogP contribution is 2.23. The number of carbonyl (C=O) groups excluding carboxylic acids is 1. The molecule has 122 valence electrons. The monoisotopic (exact) mass is 325 g/mol. The van der Waals surface area contributed by atoms with Crippen LogP contribution in [0.3, 0.4) is 0 Å². The Bertz CT molecular complexity index is 589. The molecule has 1 atom stereocenters. The molecule has 1 aromatic carbocycles. The van der Waals surface area contributed by atoms with E-state index in [2.05, 4.69) is 0 Å². The molecule has 0 spiro atoms. The average Bonchev–Trinajstić information content (AvgIpc) is 2.42. The van der Waals surface area contributed by atoms with Gasteiger partial charge in [0.05, 0.1) is 0 Å². The first-order chi connectivity index (χ1) is 10.1. The molecule has 0 aliphatic heterocycles. The molecule has 0 heterocycles. The zero-order chi connectivity index (χ0) is 17.2. The SMILES string of the molecule is CC(C)CC(NC(=O)c1c(F)c(F)c(F)c(F)c1F)C(=O)O. The van der Waals surface area contributed by atoms with Crippen molar-refractivity contribution < 1.29 is 36.6 Å². The van der Waals surface area contributed by atoms with Crippen LogP contribution in [0.25, 0.3) is 0 Å².